The van der Waals surface area contributed by atoms with Gasteiger partial charge in [-0.2, -0.15) is 0 Å². The van der Waals surface area contributed by atoms with Crippen LogP contribution in [0, 0.1) is 17.8 Å². The highest BCUT2D eigenvalue weighted by atomic mass is 16.3. The van der Waals surface area contributed by atoms with E-state index in [1.807, 2.05) is 6.92 Å². The topological polar surface area (TPSA) is 20.2 Å². The minimum atomic E-state index is -0.522. The predicted molar refractivity (Wildman–Crippen MR) is 68.1 cm³/mol. The van der Waals surface area contributed by atoms with E-state index in [-0.39, 0.29) is 0 Å². The Labute approximate surface area is 99.3 Å². The van der Waals surface area contributed by atoms with Crippen LogP contribution in [0.2, 0.25) is 0 Å². The van der Waals surface area contributed by atoms with Crippen LogP contribution < -0.4 is 0 Å². The normalized spacial score (nSPS) is 44.6. The molecule has 0 aliphatic heterocycles. The summed E-state index contributed by atoms with van der Waals surface area (Å²) >= 11 is 0. The van der Waals surface area contributed by atoms with Crippen LogP contribution in [-0.4, -0.2) is 10.7 Å². The molecule has 0 unspecified atom stereocenters. The molecule has 1 N–H and O–H groups in total. The quantitative estimate of drug-likeness (QED) is 0.617. The molecule has 0 bridgehead atoms. The third-order valence-electron chi connectivity index (χ3n) is 4.76. The van der Waals surface area contributed by atoms with Gasteiger partial charge < -0.3 is 5.11 Å². The molecule has 2 rings (SSSR count). The Balaban J connectivity index is 2.35. The van der Waals surface area contributed by atoms with Gasteiger partial charge in [0.1, 0.15) is 0 Å². The average Bonchev–Trinajstić information content (AvgIpc) is 2.49. The van der Waals surface area contributed by atoms with Crippen LogP contribution in [0.5, 0.6) is 0 Å². The van der Waals surface area contributed by atoms with Gasteiger partial charge in [-0.1, -0.05) is 30.7 Å². The molecule has 0 amide bonds. The van der Waals surface area contributed by atoms with E-state index < -0.39 is 5.60 Å². The Kier molecular flexibility index (Phi) is 3.00. The van der Waals surface area contributed by atoms with Crippen LogP contribution in [-0.2, 0) is 0 Å². The van der Waals surface area contributed by atoms with E-state index >= 15 is 0 Å². The van der Waals surface area contributed by atoms with Crippen LogP contribution >= 0.6 is 0 Å². The summed E-state index contributed by atoms with van der Waals surface area (Å²) in [7, 11) is 0. The molecule has 0 aromatic carbocycles. The van der Waals surface area contributed by atoms with Crippen LogP contribution in [0.4, 0.5) is 0 Å². The van der Waals surface area contributed by atoms with Gasteiger partial charge in [0, 0.05) is 5.92 Å². The second-order valence-corrected chi connectivity index (χ2v) is 6.04. The van der Waals surface area contributed by atoms with E-state index in [0.29, 0.717) is 17.8 Å². The van der Waals surface area contributed by atoms with Crippen molar-refractivity contribution in [2.24, 2.45) is 17.8 Å². The third-order valence-corrected chi connectivity index (χ3v) is 4.76. The fraction of sp³-hybridized carbons (Fsp3) is 0.733. The molecular formula is C15H24O. The van der Waals surface area contributed by atoms with Crippen molar-refractivity contribution in [3.05, 3.63) is 23.8 Å². The predicted octanol–water partition coefficient (Wildman–Crippen LogP) is 3.70. The van der Waals surface area contributed by atoms with Crippen LogP contribution in [0.1, 0.15) is 46.5 Å². The Bertz CT molecular complexity index is 324. The van der Waals surface area contributed by atoms with Gasteiger partial charge in [-0.3, -0.25) is 0 Å². The minimum Gasteiger partial charge on any atom is -0.390 e. The van der Waals surface area contributed by atoms with Gasteiger partial charge in [0.2, 0.25) is 0 Å². The van der Waals surface area contributed by atoms with E-state index in [9.17, 15) is 5.11 Å². The lowest BCUT2D eigenvalue weighted by molar-refractivity contribution is 0.0320. The number of fused-ring (bicyclic) bond motifs is 1. The highest BCUT2D eigenvalue weighted by molar-refractivity contribution is 5.21. The SMILES string of the molecule is C=C1CC[C@H](C)C(C)=C[C@H]2[C@H]1CC[C@]2(C)O. The monoisotopic (exact) mass is 220 g/mol. The molecule has 2 aliphatic carbocycles. The Hall–Kier alpha value is -0.560. The highest BCUT2D eigenvalue weighted by Crippen LogP contribution is 2.47. The first-order valence-electron chi connectivity index (χ1n) is 6.50. The number of allylic oxidation sites excluding steroid dienone is 2. The van der Waals surface area contributed by atoms with E-state index in [4.69, 9.17) is 0 Å². The molecule has 0 saturated heterocycles. The molecule has 90 valence electrons. The van der Waals surface area contributed by atoms with Crippen molar-refractivity contribution in [3.8, 4) is 0 Å². The zero-order chi connectivity index (χ0) is 11.9. The summed E-state index contributed by atoms with van der Waals surface area (Å²) in [4.78, 5) is 0. The number of aliphatic hydroxyl groups is 1. The van der Waals surface area contributed by atoms with E-state index in [1.165, 1.54) is 17.6 Å². The molecule has 16 heavy (non-hydrogen) atoms. The Morgan fingerprint density at radius 3 is 2.81 bits per heavy atom. The van der Waals surface area contributed by atoms with E-state index in [2.05, 4.69) is 26.5 Å². The van der Waals surface area contributed by atoms with Crippen molar-refractivity contribution in [1.29, 1.82) is 0 Å². The molecule has 1 heteroatoms. The zero-order valence-electron chi connectivity index (χ0n) is 10.8. The van der Waals surface area contributed by atoms with Gasteiger partial charge in [-0.05, 0) is 51.4 Å². The summed E-state index contributed by atoms with van der Waals surface area (Å²) < 4.78 is 0. The smallest absolute Gasteiger partial charge is 0.0688 e. The summed E-state index contributed by atoms with van der Waals surface area (Å²) in [6.07, 6.45) is 6.69. The maximum atomic E-state index is 10.4. The third kappa shape index (κ3) is 1.98. The lowest BCUT2D eigenvalue weighted by atomic mass is 9.76. The molecule has 1 fully saturated rings. The summed E-state index contributed by atoms with van der Waals surface area (Å²) in [6.45, 7) is 10.7. The largest absolute Gasteiger partial charge is 0.390 e. The van der Waals surface area contributed by atoms with Crippen LogP contribution in [0.15, 0.2) is 23.8 Å². The van der Waals surface area contributed by atoms with Crippen LogP contribution in [0.25, 0.3) is 0 Å². The minimum absolute atomic E-state index is 0.294. The van der Waals surface area contributed by atoms with Crippen molar-refractivity contribution in [2.75, 3.05) is 0 Å². The molecular weight excluding hydrogens is 196 g/mol. The molecule has 0 aromatic rings. The highest BCUT2D eigenvalue weighted by Gasteiger charge is 2.44. The van der Waals surface area contributed by atoms with Gasteiger partial charge in [-0.25, -0.2) is 0 Å². The number of hydrogen-bond donors (Lipinski definition) is 1. The fourth-order valence-electron chi connectivity index (χ4n) is 3.24. The van der Waals surface area contributed by atoms with Crippen molar-refractivity contribution >= 4 is 0 Å². The summed E-state index contributed by atoms with van der Waals surface area (Å²) in [5.74, 6) is 1.44. The molecule has 0 aromatic heterocycles. The molecule has 1 nitrogen and oxygen atoms in total. The lowest BCUT2D eigenvalue weighted by Gasteiger charge is -2.31. The molecule has 0 heterocycles. The van der Waals surface area contributed by atoms with Gasteiger partial charge in [0.25, 0.3) is 0 Å². The van der Waals surface area contributed by atoms with Crippen LogP contribution in [0.3, 0.4) is 0 Å². The van der Waals surface area contributed by atoms with E-state index in [0.717, 1.165) is 19.3 Å². The van der Waals surface area contributed by atoms with Crippen molar-refractivity contribution in [3.63, 3.8) is 0 Å². The van der Waals surface area contributed by atoms with Crippen molar-refractivity contribution in [1.82, 2.24) is 0 Å². The Morgan fingerprint density at radius 1 is 1.44 bits per heavy atom. The maximum absolute atomic E-state index is 10.4. The van der Waals surface area contributed by atoms with Gasteiger partial charge in [0.15, 0.2) is 0 Å². The van der Waals surface area contributed by atoms with Gasteiger partial charge in [0.05, 0.1) is 5.60 Å². The number of rotatable bonds is 0. The van der Waals surface area contributed by atoms with E-state index in [1.54, 1.807) is 0 Å². The molecule has 0 radical (unpaired) electrons. The maximum Gasteiger partial charge on any atom is 0.0688 e. The lowest BCUT2D eigenvalue weighted by Crippen LogP contribution is -2.32. The first-order valence-corrected chi connectivity index (χ1v) is 6.50. The number of hydrogen-bond acceptors (Lipinski definition) is 1. The second-order valence-electron chi connectivity index (χ2n) is 6.04. The molecule has 2 aliphatic rings. The standard InChI is InChI=1S/C15H24O/c1-10-5-6-11(2)13-7-8-15(4,16)14(13)9-12(10)3/h9-10,13-14,16H,2,5-8H2,1,3-4H3/t10-,13-,14-,15-/m0/s1. The molecule has 4 atom stereocenters. The molecule has 0 spiro atoms. The van der Waals surface area contributed by atoms with Crippen molar-refractivity contribution in [2.45, 2.75) is 52.1 Å². The first-order chi connectivity index (χ1) is 7.42. The van der Waals surface area contributed by atoms with Gasteiger partial charge in [-0.15, -0.1) is 0 Å². The summed E-state index contributed by atoms with van der Waals surface area (Å²) in [6, 6.07) is 0. The molecule has 1 saturated carbocycles. The fourth-order valence-corrected chi connectivity index (χ4v) is 3.24. The van der Waals surface area contributed by atoms with Crippen molar-refractivity contribution < 1.29 is 5.11 Å². The first kappa shape index (κ1) is 11.9. The van der Waals surface area contributed by atoms with Gasteiger partial charge >= 0.3 is 0 Å². The summed E-state index contributed by atoms with van der Waals surface area (Å²) in [5.41, 5.74) is 2.29. The Morgan fingerprint density at radius 2 is 2.12 bits per heavy atom. The second kappa shape index (κ2) is 4.03. The zero-order valence-corrected chi connectivity index (χ0v) is 10.8. The average molecular weight is 220 g/mol. The summed E-state index contributed by atoms with van der Waals surface area (Å²) in [5, 5.41) is 10.4.